The maximum absolute atomic E-state index is 9.43. The second-order valence-electron chi connectivity index (χ2n) is 5.64. The first-order chi connectivity index (χ1) is 8.69. The summed E-state index contributed by atoms with van der Waals surface area (Å²) in [6.07, 6.45) is 8.47. The molecule has 0 radical (unpaired) electrons. The standard InChI is InChI=1S/C14H25N3O/c1-3-13-15-7-8-17(13)9-12(2)16-10-14(11-18)5-4-6-14/h7-8,12,16,18H,3-6,9-11H2,1-2H3. The molecule has 18 heavy (non-hydrogen) atoms. The van der Waals surface area contributed by atoms with Crippen molar-refractivity contribution in [1.82, 2.24) is 14.9 Å². The molecule has 1 fully saturated rings. The van der Waals surface area contributed by atoms with Crippen LogP contribution in [0.3, 0.4) is 0 Å². The Bertz CT molecular complexity index is 365. The Kier molecular flexibility index (Phi) is 4.40. The summed E-state index contributed by atoms with van der Waals surface area (Å²) in [6, 6.07) is 0.411. The average molecular weight is 251 g/mol. The van der Waals surface area contributed by atoms with Gasteiger partial charge in [0.2, 0.25) is 0 Å². The van der Waals surface area contributed by atoms with Gasteiger partial charge in [-0.3, -0.25) is 0 Å². The predicted octanol–water partition coefficient (Wildman–Crippen LogP) is 1.59. The lowest BCUT2D eigenvalue weighted by atomic mass is 9.69. The van der Waals surface area contributed by atoms with Gasteiger partial charge in [-0.2, -0.15) is 0 Å². The fourth-order valence-electron chi connectivity index (χ4n) is 2.64. The van der Waals surface area contributed by atoms with Crippen molar-refractivity contribution in [3.05, 3.63) is 18.2 Å². The first-order valence-electron chi connectivity index (χ1n) is 7.03. The van der Waals surface area contributed by atoms with Crippen LogP contribution in [0.15, 0.2) is 12.4 Å². The molecule has 2 N–H and O–H groups in total. The first kappa shape index (κ1) is 13.6. The maximum atomic E-state index is 9.43. The summed E-state index contributed by atoms with van der Waals surface area (Å²) in [5, 5.41) is 13.0. The fraction of sp³-hybridized carbons (Fsp3) is 0.786. The summed E-state index contributed by atoms with van der Waals surface area (Å²) >= 11 is 0. The highest BCUT2D eigenvalue weighted by molar-refractivity contribution is 4.93. The first-order valence-corrected chi connectivity index (χ1v) is 7.03. The number of aromatic nitrogens is 2. The molecule has 1 heterocycles. The molecule has 2 rings (SSSR count). The van der Waals surface area contributed by atoms with E-state index in [1.165, 1.54) is 6.42 Å². The van der Waals surface area contributed by atoms with Crippen LogP contribution >= 0.6 is 0 Å². The predicted molar refractivity (Wildman–Crippen MR) is 72.4 cm³/mol. The number of hydrogen-bond donors (Lipinski definition) is 2. The van der Waals surface area contributed by atoms with Gasteiger partial charge >= 0.3 is 0 Å². The molecule has 0 aromatic carbocycles. The molecule has 102 valence electrons. The Morgan fingerprint density at radius 1 is 1.56 bits per heavy atom. The molecular formula is C14H25N3O. The summed E-state index contributed by atoms with van der Waals surface area (Å²) in [6.45, 7) is 6.53. The average Bonchev–Trinajstić information content (AvgIpc) is 2.75. The second kappa shape index (κ2) is 5.85. The van der Waals surface area contributed by atoms with Crippen LogP contribution < -0.4 is 5.32 Å². The van der Waals surface area contributed by atoms with Crippen LogP contribution in [0, 0.1) is 5.41 Å². The van der Waals surface area contributed by atoms with Crippen LogP contribution in [-0.2, 0) is 13.0 Å². The number of nitrogens with one attached hydrogen (secondary N) is 1. The molecule has 4 heteroatoms. The van der Waals surface area contributed by atoms with Gasteiger partial charge in [-0.1, -0.05) is 13.3 Å². The number of aryl methyl sites for hydroxylation is 1. The van der Waals surface area contributed by atoms with Crippen LogP contribution in [-0.4, -0.2) is 33.9 Å². The van der Waals surface area contributed by atoms with E-state index in [-0.39, 0.29) is 5.41 Å². The third-order valence-electron chi connectivity index (χ3n) is 4.16. The summed E-state index contributed by atoms with van der Waals surface area (Å²) in [5.74, 6) is 1.14. The molecule has 1 saturated carbocycles. The number of aliphatic hydroxyl groups is 1. The molecule has 1 aliphatic carbocycles. The van der Waals surface area contributed by atoms with Crippen LogP contribution in [0.4, 0.5) is 0 Å². The monoisotopic (exact) mass is 251 g/mol. The Hall–Kier alpha value is -0.870. The number of nitrogens with zero attached hydrogens (tertiary/aromatic N) is 2. The van der Waals surface area contributed by atoms with Crippen molar-refractivity contribution in [2.45, 2.75) is 52.1 Å². The number of rotatable bonds is 7. The van der Waals surface area contributed by atoms with Crippen LogP contribution in [0.5, 0.6) is 0 Å². The number of aliphatic hydroxyl groups excluding tert-OH is 1. The Morgan fingerprint density at radius 3 is 2.89 bits per heavy atom. The molecule has 0 saturated heterocycles. The van der Waals surface area contributed by atoms with E-state index in [9.17, 15) is 5.11 Å². The van der Waals surface area contributed by atoms with Crippen molar-refractivity contribution in [2.75, 3.05) is 13.2 Å². The van der Waals surface area contributed by atoms with Crippen molar-refractivity contribution >= 4 is 0 Å². The zero-order valence-corrected chi connectivity index (χ0v) is 11.5. The Balaban J connectivity index is 1.80. The molecule has 0 aliphatic heterocycles. The van der Waals surface area contributed by atoms with Crippen LogP contribution in [0.2, 0.25) is 0 Å². The summed E-state index contributed by atoms with van der Waals surface area (Å²) in [4.78, 5) is 4.34. The zero-order valence-electron chi connectivity index (χ0n) is 11.5. The van der Waals surface area contributed by atoms with E-state index in [4.69, 9.17) is 0 Å². The van der Waals surface area contributed by atoms with Crippen molar-refractivity contribution in [3.63, 3.8) is 0 Å². The van der Waals surface area contributed by atoms with E-state index >= 15 is 0 Å². The van der Waals surface area contributed by atoms with E-state index in [1.807, 2.05) is 12.4 Å². The molecule has 1 aromatic rings. The summed E-state index contributed by atoms with van der Waals surface area (Å²) in [7, 11) is 0. The van der Waals surface area contributed by atoms with E-state index < -0.39 is 0 Å². The lowest BCUT2D eigenvalue weighted by molar-refractivity contribution is 0.0420. The molecule has 1 atom stereocenters. The van der Waals surface area contributed by atoms with Gasteiger partial charge in [-0.15, -0.1) is 0 Å². The van der Waals surface area contributed by atoms with Gasteiger partial charge in [0.05, 0.1) is 0 Å². The zero-order chi connectivity index (χ0) is 13.0. The van der Waals surface area contributed by atoms with E-state index in [2.05, 4.69) is 28.7 Å². The molecule has 4 nitrogen and oxygen atoms in total. The lowest BCUT2D eigenvalue weighted by Crippen LogP contribution is -2.46. The minimum Gasteiger partial charge on any atom is -0.396 e. The molecule has 0 amide bonds. The maximum Gasteiger partial charge on any atom is 0.108 e. The van der Waals surface area contributed by atoms with Crippen molar-refractivity contribution in [1.29, 1.82) is 0 Å². The number of imidazole rings is 1. The number of hydrogen-bond acceptors (Lipinski definition) is 3. The van der Waals surface area contributed by atoms with E-state index in [0.29, 0.717) is 12.6 Å². The van der Waals surface area contributed by atoms with Gasteiger partial charge in [0, 0.05) is 50.0 Å². The molecular weight excluding hydrogens is 226 g/mol. The highest BCUT2D eigenvalue weighted by atomic mass is 16.3. The second-order valence-corrected chi connectivity index (χ2v) is 5.64. The van der Waals surface area contributed by atoms with Gasteiger partial charge in [-0.05, 0) is 19.8 Å². The topological polar surface area (TPSA) is 50.1 Å². The molecule has 1 aliphatic rings. The lowest BCUT2D eigenvalue weighted by Gasteiger charge is -2.41. The van der Waals surface area contributed by atoms with Crippen molar-refractivity contribution in [2.24, 2.45) is 5.41 Å². The van der Waals surface area contributed by atoms with Crippen LogP contribution in [0.25, 0.3) is 0 Å². The SMILES string of the molecule is CCc1nccn1CC(C)NCC1(CO)CCC1. The van der Waals surface area contributed by atoms with Gasteiger partial charge in [0.1, 0.15) is 5.82 Å². The van der Waals surface area contributed by atoms with Gasteiger partial charge in [0.25, 0.3) is 0 Å². The van der Waals surface area contributed by atoms with E-state index in [1.54, 1.807) is 0 Å². The smallest absolute Gasteiger partial charge is 0.108 e. The highest BCUT2D eigenvalue weighted by Crippen LogP contribution is 2.39. The van der Waals surface area contributed by atoms with Gasteiger partial charge in [0.15, 0.2) is 0 Å². The van der Waals surface area contributed by atoms with Crippen molar-refractivity contribution < 1.29 is 5.11 Å². The third kappa shape index (κ3) is 2.93. The quantitative estimate of drug-likeness (QED) is 0.773. The minimum absolute atomic E-state index is 0.163. The molecule has 0 bridgehead atoms. The largest absolute Gasteiger partial charge is 0.396 e. The molecule has 1 unspecified atom stereocenters. The minimum atomic E-state index is 0.163. The fourth-order valence-corrected chi connectivity index (χ4v) is 2.64. The molecule has 1 aromatic heterocycles. The van der Waals surface area contributed by atoms with Crippen molar-refractivity contribution in [3.8, 4) is 0 Å². The Labute approximate surface area is 109 Å². The third-order valence-corrected chi connectivity index (χ3v) is 4.16. The summed E-state index contributed by atoms with van der Waals surface area (Å²) < 4.78 is 2.21. The summed E-state index contributed by atoms with van der Waals surface area (Å²) in [5.41, 5.74) is 0.163. The molecule has 0 spiro atoms. The van der Waals surface area contributed by atoms with Gasteiger partial charge < -0.3 is 15.0 Å². The Morgan fingerprint density at radius 2 is 2.33 bits per heavy atom. The highest BCUT2D eigenvalue weighted by Gasteiger charge is 2.36. The van der Waals surface area contributed by atoms with E-state index in [0.717, 1.165) is 38.2 Å². The van der Waals surface area contributed by atoms with Gasteiger partial charge in [-0.25, -0.2) is 4.98 Å². The van der Waals surface area contributed by atoms with Crippen LogP contribution in [0.1, 0.15) is 38.9 Å². The normalized spacial score (nSPS) is 19.5.